The summed E-state index contributed by atoms with van der Waals surface area (Å²) in [4.78, 5) is 74.2. The maximum Gasteiger partial charge on any atom is 0.425 e. The number of nitrogens with zero attached hydrogens (tertiary/aromatic N) is 4. The van der Waals surface area contributed by atoms with E-state index in [2.05, 4.69) is 15.4 Å². The van der Waals surface area contributed by atoms with Gasteiger partial charge in [0.05, 0.1) is 11.7 Å². The van der Waals surface area contributed by atoms with Crippen LogP contribution >= 0.6 is 0 Å². The highest BCUT2D eigenvalue weighted by atomic mass is 16.6. The minimum Gasteiger partial charge on any atom is -0.461 e. The van der Waals surface area contributed by atoms with Crippen LogP contribution in [0.25, 0.3) is 0 Å². The number of hydrogen-bond acceptors (Lipinski definition) is 14. The number of nitroso groups, excluding NO2 is 1. The highest BCUT2D eigenvalue weighted by Gasteiger charge is 2.55. The topological polar surface area (TPSA) is 199 Å². The fraction of sp³-hybridized carbons (Fsp3) is 0.857. The predicted molar refractivity (Wildman–Crippen MR) is 193 cm³/mol. The number of cyclic esters (lactones) is 1. The summed E-state index contributed by atoms with van der Waals surface area (Å²) >= 11 is 0. The Hall–Kier alpha value is -3.05. The first-order valence-corrected chi connectivity index (χ1v) is 17.8. The Kier molecular flexibility index (Phi) is 21.4. The zero-order valence-corrected chi connectivity index (χ0v) is 33.2. The standard InChI is InChI=1S/C20H32N2O7.C8H16N2O2.C5H12N2O.C2H6/c1-11-9-19(4,27-6)8-7-14(23)12(2)17(25)28-10-20(5)16(13(3)15(11)24)22(21)18(26)29-20;1-6-4-7(10(2)3)5-8(9-11)12-6;1-7(2)4-3-6-5-8;1-2/h11-13,16H,7-10,21H2,1-6H3;6-8H,4-5H2,1-3H3;5H,3-4H2,1-2H3,(H,6,8);1-2H3/t11-,12?,13?,16?,19+,20-;;;/m1.../s1. The van der Waals surface area contributed by atoms with Gasteiger partial charge >= 0.3 is 12.1 Å². The number of rotatable bonds is 7. The number of methoxy groups -OCH3 is 1. The van der Waals surface area contributed by atoms with E-state index >= 15 is 0 Å². The number of nitrogens with two attached hydrogens (primary N) is 1. The van der Waals surface area contributed by atoms with Crippen LogP contribution < -0.4 is 11.2 Å². The lowest BCUT2D eigenvalue weighted by Crippen LogP contribution is -2.55. The molecule has 0 aromatic carbocycles. The molecule has 3 rings (SSSR count). The molecule has 2 amide bonds. The number of ketones is 2. The highest BCUT2D eigenvalue weighted by molar-refractivity contribution is 5.98. The van der Waals surface area contributed by atoms with Crippen molar-refractivity contribution in [3.05, 3.63) is 4.91 Å². The van der Waals surface area contributed by atoms with E-state index in [-0.39, 0.29) is 30.7 Å². The SMILES string of the molecule is CC.CC1CC(N(C)C)CC(N=O)O1.CN(C)CCNC=O.CO[C@@]1(C)CCC(=O)C(C)C(=O)OC[C@@]2(C)OC(=O)N(N)C2C(C)C(=O)[C@H](C)C1. The average molecular weight is 731 g/mol. The summed E-state index contributed by atoms with van der Waals surface area (Å²) in [6.45, 7) is 15.7. The second kappa shape index (κ2) is 22.8. The maximum absolute atomic E-state index is 13.2. The van der Waals surface area contributed by atoms with E-state index in [9.17, 15) is 28.9 Å². The molecular weight excluding hydrogens is 664 g/mol. The van der Waals surface area contributed by atoms with E-state index in [0.717, 1.165) is 30.9 Å². The first kappa shape index (κ1) is 48.0. The van der Waals surface area contributed by atoms with Crippen molar-refractivity contribution in [2.75, 3.05) is 55.0 Å². The Morgan fingerprint density at radius 2 is 1.67 bits per heavy atom. The van der Waals surface area contributed by atoms with Crippen LogP contribution in [0, 0.1) is 22.7 Å². The number of carbonyl (C=O) groups excluding carboxylic acids is 5. The summed E-state index contributed by atoms with van der Waals surface area (Å²) < 4.78 is 21.6. The molecule has 3 aliphatic heterocycles. The molecule has 51 heavy (non-hydrogen) atoms. The monoisotopic (exact) mass is 730 g/mol. The molecule has 3 heterocycles. The summed E-state index contributed by atoms with van der Waals surface area (Å²) in [5, 5.41) is 6.38. The Balaban J connectivity index is 0.000000927. The summed E-state index contributed by atoms with van der Waals surface area (Å²) in [7, 11) is 9.50. The third kappa shape index (κ3) is 15.2. The second-order valence-corrected chi connectivity index (χ2v) is 14.2. The molecule has 0 radical (unpaired) electrons. The van der Waals surface area contributed by atoms with Crippen LogP contribution in [0.2, 0.25) is 0 Å². The molecule has 3 N–H and O–H groups in total. The van der Waals surface area contributed by atoms with Crippen molar-refractivity contribution in [1.29, 1.82) is 0 Å². The number of fused-ring (bicyclic) bond motifs is 1. The molecule has 0 aliphatic carbocycles. The zero-order valence-electron chi connectivity index (χ0n) is 33.2. The molecule has 296 valence electrons. The van der Waals surface area contributed by atoms with E-state index in [1.54, 1.807) is 20.8 Å². The molecule has 3 fully saturated rings. The molecule has 6 unspecified atom stereocenters. The minimum absolute atomic E-state index is 0.110. The molecule has 9 atom stereocenters. The first-order chi connectivity index (χ1) is 23.7. The molecule has 0 spiro atoms. The van der Waals surface area contributed by atoms with Crippen LogP contribution in [0.5, 0.6) is 0 Å². The molecule has 0 aromatic heterocycles. The molecular formula is C35H66N6O10. The van der Waals surface area contributed by atoms with Gasteiger partial charge < -0.3 is 34.1 Å². The van der Waals surface area contributed by atoms with Gasteiger partial charge in [0.1, 0.15) is 30.1 Å². The van der Waals surface area contributed by atoms with E-state index in [1.165, 1.54) is 14.0 Å². The van der Waals surface area contributed by atoms with Gasteiger partial charge in [-0.15, -0.1) is 4.91 Å². The van der Waals surface area contributed by atoms with Crippen LogP contribution in [-0.2, 0) is 38.1 Å². The quantitative estimate of drug-likeness (QED) is 0.0737. The van der Waals surface area contributed by atoms with Crippen molar-refractivity contribution in [2.24, 2.45) is 28.8 Å². The van der Waals surface area contributed by atoms with E-state index in [4.69, 9.17) is 24.8 Å². The summed E-state index contributed by atoms with van der Waals surface area (Å²) in [6, 6.07) is -0.392. The van der Waals surface area contributed by atoms with Gasteiger partial charge in [-0.3, -0.25) is 19.2 Å². The van der Waals surface area contributed by atoms with Gasteiger partial charge in [-0.2, -0.15) is 0 Å². The van der Waals surface area contributed by atoms with Gasteiger partial charge in [-0.05, 0) is 80.3 Å². The van der Waals surface area contributed by atoms with E-state index < -0.39 is 53.3 Å². The third-order valence-electron chi connectivity index (χ3n) is 9.43. The van der Waals surface area contributed by atoms with Gasteiger partial charge in [-0.1, -0.05) is 27.7 Å². The van der Waals surface area contributed by atoms with Crippen molar-refractivity contribution in [3.63, 3.8) is 0 Å². The Morgan fingerprint density at radius 1 is 1.06 bits per heavy atom. The van der Waals surface area contributed by atoms with Gasteiger partial charge in [0.2, 0.25) is 6.41 Å². The summed E-state index contributed by atoms with van der Waals surface area (Å²) in [5.41, 5.74) is -2.03. The van der Waals surface area contributed by atoms with Crippen LogP contribution in [0.1, 0.15) is 87.5 Å². The molecule has 0 bridgehead atoms. The summed E-state index contributed by atoms with van der Waals surface area (Å²) in [5.74, 6) is 2.80. The number of amides is 2. The van der Waals surface area contributed by atoms with Gasteiger partial charge in [-0.25, -0.2) is 15.6 Å². The smallest absolute Gasteiger partial charge is 0.425 e. The molecule has 0 aromatic rings. The number of ether oxygens (including phenoxy) is 4. The van der Waals surface area contributed by atoms with Crippen LogP contribution in [0.15, 0.2) is 5.18 Å². The number of esters is 1. The molecule has 16 heteroatoms. The number of Topliss-reactive ketones (excluding diaryl/α,β-unsaturated/α-hetero) is 2. The number of nitrogens with one attached hydrogen (secondary N) is 1. The average Bonchev–Trinajstić information content (AvgIpc) is 3.32. The lowest BCUT2D eigenvalue weighted by molar-refractivity contribution is -0.158. The summed E-state index contributed by atoms with van der Waals surface area (Å²) in [6.07, 6.45) is 2.22. The molecule has 16 nitrogen and oxygen atoms in total. The Morgan fingerprint density at radius 3 is 2.18 bits per heavy atom. The van der Waals surface area contributed by atoms with Crippen LogP contribution in [0.3, 0.4) is 0 Å². The normalized spacial score (nSPS) is 33.1. The van der Waals surface area contributed by atoms with Crippen LogP contribution in [-0.4, -0.2) is 135 Å². The van der Waals surface area contributed by atoms with Gasteiger partial charge in [0.15, 0.2) is 11.8 Å². The fourth-order valence-electron chi connectivity index (χ4n) is 6.25. The second-order valence-electron chi connectivity index (χ2n) is 14.2. The van der Waals surface area contributed by atoms with Crippen LogP contribution in [0.4, 0.5) is 4.79 Å². The highest BCUT2D eigenvalue weighted by Crippen LogP contribution is 2.36. The number of hydrazine groups is 1. The van der Waals surface area contributed by atoms with Crippen molar-refractivity contribution >= 4 is 30.0 Å². The van der Waals surface area contributed by atoms with E-state index in [0.29, 0.717) is 25.3 Å². The molecule has 3 aliphatic rings. The van der Waals surface area contributed by atoms with Crippen molar-refractivity contribution in [1.82, 2.24) is 20.1 Å². The van der Waals surface area contributed by atoms with Gasteiger partial charge in [0, 0.05) is 50.9 Å². The third-order valence-corrected chi connectivity index (χ3v) is 9.43. The van der Waals surface area contributed by atoms with Crippen molar-refractivity contribution < 1.29 is 42.9 Å². The lowest BCUT2D eigenvalue weighted by atomic mass is 9.77. The zero-order chi connectivity index (χ0) is 39.7. The minimum atomic E-state index is -1.31. The predicted octanol–water partition coefficient (Wildman–Crippen LogP) is 3.15. The first-order valence-electron chi connectivity index (χ1n) is 17.8. The maximum atomic E-state index is 13.2. The van der Waals surface area contributed by atoms with Crippen molar-refractivity contribution in [3.8, 4) is 0 Å². The fourth-order valence-corrected chi connectivity index (χ4v) is 6.25. The molecule has 0 saturated carbocycles. The number of carbonyl (C=O) groups is 5. The van der Waals surface area contributed by atoms with Crippen molar-refractivity contribution in [2.45, 2.75) is 123 Å². The lowest BCUT2D eigenvalue weighted by Gasteiger charge is -2.36. The number of hydrogen-bond donors (Lipinski definition) is 2. The number of likely N-dealkylation sites (N-methyl/N-ethyl adjacent to an activating group) is 1. The largest absolute Gasteiger partial charge is 0.461 e. The Bertz CT molecular complexity index is 1130. The molecule has 3 saturated heterocycles. The van der Waals surface area contributed by atoms with E-state index in [1.807, 2.05) is 60.8 Å². The Labute approximate surface area is 304 Å². The van der Waals surface area contributed by atoms with Gasteiger partial charge in [0.25, 0.3) is 0 Å².